The van der Waals surface area contributed by atoms with Gasteiger partial charge in [-0.3, -0.25) is 4.79 Å². The van der Waals surface area contributed by atoms with Crippen LogP contribution >= 0.6 is 0 Å². The van der Waals surface area contributed by atoms with E-state index in [1.54, 1.807) is 0 Å². The Kier molecular flexibility index (Phi) is 3.21. The number of nitrogens with two attached hydrogens (primary N) is 2. The summed E-state index contributed by atoms with van der Waals surface area (Å²) in [6, 6.07) is 6.08. The highest BCUT2D eigenvalue weighted by Gasteiger charge is 2.17. The number of carbonyl (C=O) groups excluding carboxylic acids is 1. The molecular weight excluding hydrogens is 250 g/mol. The molecule has 0 unspecified atom stereocenters. The van der Waals surface area contributed by atoms with Gasteiger partial charge in [0.2, 0.25) is 0 Å². The lowest BCUT2D eigenvalue weighted by Crippen LogP contribution is -2.07. The van der Waals surface area contributed by atoms with Crippen LogP contribution in [0.3, 0.4) is 0 Å². The minimum atomic E-state index is -0.773. The second-order valence-corrected chi connectivity index (χ2v) is 4.30. The number of carbonyl (C=O) groups is 1. The molecule has 5 heteroatoms. The first-order valence-corrected chi connectivity index (χ1v) is 5.55. The fourth-order valence-corrected chi connectivity index (χ4v) is 1.78. The summed E-state index contributed by atoms with van der Waals surface area (Å²) < 4.78 is 27.1. The molecule has 2 aromatic rings. The van der Waals surface area contributed by atoms with Gasteiger partial charge in [-0.05, 0) is 42.8 Å². The minimum absolute atomic E-state index is 0.125. The molecule has 2 aromatic carbocycles. The van der Waals surface area contributed by atoms with E-state index < -0.39 is 17.4 Å². The molecule has 0 spiro atoms. The molecule has 0 aliphatic heterocycles. The number of benzene rings is 2. The molecule has 0 radical (unpaired) electrons. The van der Waals surface area contributed by atoms with Gasteiger partial charge in [0, 0.05) is 16.9 Å². The molecule has 0 heterocycles. The van der Waals surface area contributed by atoms with Crippen LogP contribution in [0.5, 0.6) is 0 Å². The number of halogens is 2. The van der Waals surface area contributed by atoms with Gasteiger partial charge in [0.25, 0.3) is 0 Å². The van der Waals surface area contributed by atoms with Gasteiger partial charge in [-0.2, -0.15) is 0 Å². The maximum atomic E-state index is 13.7. The van der Waals surface area contributed by atoms with Crippen LogP contribution < -0.4 is 11.5 Å². The highest BCUT2D eigenvalue weighted by Crippen LogP contribution is 2.21. The van der Waals surface area contributed by atoms with E-state index in [0.717, 1.165) is 12.1 Å². The second-order valence-electron chi connectivity index (χ2n) is 4.30. The molecule has 0 aromatic heterocycles. The Labute approximate surface area is 108 Å². The van der Waals surface area contributed by atoms with Gasteiger partial charge in [-0.15, -0.1) is 0 Å². The summed E-state index contributed by atoms with van der Waals surface area (Å²) in [5.74, 6) is -2.07. The molecular formula is C14H12F2N2O. The number of anilines is 2. The van der Waals surface area contributed by atoms with Crippen molar-refractivity contribution in [2.24, 2.45) is 0 Å². The lowest BCUT2D eigenvalue weighted by molar-refractivity contribution is 0.103. The molecule has 0 aliphatic rings. The van der Waals surface area contributed by atoms with E-state index in [4.69, 9.17) is 11.5 Å². The van der Waals surface area contributed by atoms with E-state index in [2.05, 4.69) is 0 Å². The third-order valence-corrected chi connectivity index (χ3v) is 2.73. The Hall–Kier alpha value is -2.43. The van der Waals surface area contributed by atoms with Gasteiger partial charge in [0.05, 0.1) is 5.56 Å². The maximum absolute atomic E-state index is 13.7. The molecule has 0 bridgehead atoms. The van der Waals surface area contributed by atoms with E-state index in [1.807, 2.05) is 0 Å². The average Bonchev–Trinajstić information content (AvgIpc) is 2.31. The lowest BCUT2D eigenvalue weighted by atomic mass is 10.0. The van der Waals surface area contributed by atoms with Gasteiger partial charge in [0.15, 0.2) is 5.78 Å². The monoisotopic (exact) mass is 262 g/mol. The Bertz CT molecular complexity index is 648. The Morgan fingerprint density at radius 3 is 2.11 bits per heavy atom. The SMILES string of the molecule is Cc1cc(F)c(C(=O)c2cc(N)cc(N)c2)cc1F. The van der Waals surface area contributed by atoms with Crippen LogP contribution in [-0.4, -0.2) is 5.78 Å². The molecule has 4 N–H and O–H groups in total. The van der Waals surface area contributed by atoms with Gasteiger partial charge >= 0.3 is 0 Å². The van der Waals surface area contributed by atoms with Crippen molar-refractivity contribution in [1.29, 1.82) is 0 Å². The fourth-order valence-electron chi connectivity index (χ4n) is 1.78. The van der Waals surface area contributed by atoms with Crippen LogP contribution in [0.25, 0.3) is 0 Å². The summed E-state index contributed by atoms with van der Waals surface area (Å²) in [5.41, 5.74) is 11.6. The topological polar surface area (TPSA) is 69.1 Å². The van der Waals surface area contributed by atoms with Crippen molar-refractivity contribution in [2.75, 3.05) is 11.5 Å². The van der Waals surface area contributed by atoms with Crippen LogP contribution in [-0.2, 0) is 0 Å². The van der Waals surface area contributed by atoms with E-state index in [1.165, 1.54) is 25.1 Å². The minimum Gasteiger partial charge on any atom is -0.399 e. The zero-order chi connectivity index (χ0) is 14.2. The number of rotatable bonds is 2. The summed E-state index contributed by atoms with van der Waals surface area (Å²) in [6.45, 7) is 1.42. The van der Waals surface area contributed by atoms with Gasteiger partial charge in [0.1, 0.15) is 11.6 Å². The van der Waals surface area contributed by atoms with Crippen molar-refractivity contribution in [3.8, 4) is 0 Å². The molecule has 0 aliphatic carbocycles. The standard InChI is InChI=1S/C14H12F2N2O/c1-7-2-13(16)11(6-12(7)15)14(19)8-3-9(17)5-10(18)4-8/h2-6H,17-18H2,1H3. The molecule has 0 atom stereocenters. The number of aryl methyl sites for hydroxylation is 1. The zero-order valence-corrected chi connectivity index (χ0v) is 10.2. The molecule has 0 saturated heterocycles. The first-order chi connectivity index (χ1) is 8.88. The van der Waals surface area contributed by atoms with E-state index in [-0.39, 0.29) is 28.1 Å². The van der Waals surface area contributed by atoms with E-state index >= 15 is 0 Å². The van der Waals surface area contributed by atoms with Gasteiger partial charge in [-0.1, -0.05) is 0 Å². The largest absolute Gasteiger partial charge is 0.399 e. The normalized spacial score (nSPS) is 10.5. The van der Waals surface area contributed by atoms with Crippen LogP contribution in [0.2, 0.25) is 0 Å². The number of nitrogen functional groups attached to an aromatic ring is 2. The van der Waals surface area contributed by atoms with Crippen molar-refractivity contribution in [1.82, 2.24) is 0 Å². The molecule has 19 heavy (non-hydrogen) atoms. The molecule has 2 rings (SSSR count). The van der Waals surface area contributed by atoms with Crippen LogP contribution in [0.1, 0.15) is 21.5 Å². The zero-order valence-electron chi connectivity index (χ0n) is 10.2. The Morgan fingerprint density at radius 1 is 0.947 bits per heavy atom. The van der Waals surface area contributed by atoms with Crippen molar-refractivity contribution < 1.29 is 13.6 Å². The van der Waals surface area contributed by atoms with Gasteiger partial charge in [-0.25, -0.2) is 8.78 Å². The van der Waals surface area contributed by atoms with E-state index in [0.29, 0.717) is 0 Å². The summed E-state index contributed by atoms with van der Waals surface area (Å²) in [4.78, 5) is 12.1. The van der Waals surface area contributed by atoms with Crippen LogP contribution in [0.4, 0.5) is 20.2 Å². The fraction of sp³-hybridized carbons (Fsp3) is 0.0714. The average molecular weight is 262 g/mol. The second kappa shape index (κ2) is 4.68. The van der Waals surface area contributed by atoms with Crippen LogP contribution in [0.15, 0.2) is 30.3 Å². The predicted octanol–water partition coefficient (Wildman–Crippen LogP) is 2.67. The third kappa shape index (κ3) is 2.54. The van der Waals surface area contributed by atoms with Crippen molar-refractivity contribution in [3.05, 3.63) is 58.7 Å². The highest BCUT2D eigenvalue weighted by atomic mass is 19.1. The summed E-state index contributed by atoms with van der Waals surface area (Å²) in [5, 5.41) is 0. The van der Waals surface area contributed by atoms with Crippen molar-refractivity contribution in [3.63, 3.8) is 0 Å². The summed E-state index contributed by atoms with van der Waals surface area (Å²) in [6.07, 6.45) is 0. The molecule has 3 nitrogen and oxygen atoms in total. The molecule has 0 saturated carbocycles. The molecule has 98 valence electrons. The van der Waals surface area contributed by atoms with Crippen molar-refractivity contribution in [2.45, 2.75) is 6.92 Å². The van der Waals surface area contributed by atoms with Crippen LogP contribution in [0, 0.1) is 18.6 Å². The number of hydrogen-bond donors (Lipinski definition) is 2. The predicted molar refractivity (Wildman–Crippen MR) is 69.8 cm³/mol. The van der Waals surface area contributed by atoms with Gasteiger partial charge < -0.3 is 11.5 Å². The first-order valence-electron chi connectivity index (χ1n) is 5.55. The summed E-state index contributed by atoms with van der Waals surface area (Å²) in [7, 11) is 0. The number of ketones is 1. The quantitative estimate of drug-likeness (QED) is 0.645. The molecule has 0 amide bonds. The third-order valence-electron chi connectivity index (χ3n) is 2.73. The van der Waals surface area contributed by atoms with Crippen molar-refractivity contribution >= 4 is 17.2 Å². The highest BCUT2D eigenvalue weighted by molar-refractivity contribution is 6.10. The first kappa shape index (κ1) is 13.0. The molecule has 0 fully saturated rings. The lowest BCUT2D eigenvalue weighted by Gasteiger charge is -2.07. The van der Waals surface area contributed by atoms with E-state index in [9.17, 15) is 13.6 Å². The Morgan fingerprint density at radius 2 is 1.53 bits per heavy atom. The Balaban J connectivity index is 2.53. The number of hydrogen-bond acceptors (Lipinski definition) is 3. The maximum Gasteiger partial charge on any atom is 0.196 e. The smallest absolute Gasteiger partial charge is 0.196 e. The summed E-state index contributed by atoms with van der Waals surface area (Å²) >= 11 is 0.